The molecule has 1 saturated carbocycles. The van der Waals surface area contributed by atoms with Gasteiger partial charge in [-0.05, 0) is 36.8 Å². The molecule has 1 aromatic carbocycles. The number of nitro benzene ring substituents is 1. The number of nitrogens with one attached hydrogen (secondary N) is 1. The normalized spacial score (nSPS) is 22.8. The molecule has 1 aliphatic rings. The van der Waals surface area contributed by atoms with Crippen LogP contribution in [-0.2, 0) is 0 Å². The Morgan fingerprint density at radius 3 is 2.70 bits per heavy atom. The Morgan fingerprint density at radius 2 is 2.05 bits per heavy atom. The summed E-state index contributed by atoms with van der Waals surface area (Å²) in [7, 11) is 0. The minimum atomic E-state index is -0.405. The standard InChI is InChI=1S/C15H21ClN2O2/c1-10(2)11-6-3-4-8-13(11)17-14-9-5-7-12(16)15(14)18(19)20/h5,7,9-11,13,17H,3-4,6,8H2,1-2H3. The van der Waals surface area contributed by atoms with Crippen LogP contribution >= 0.6 is 11.6 Å². The summed E-state index contributed by atoms with van der Waals surface area (Å²) in [5.41, 5.74) is 0.530. The van der Waals surface area contributed by atoms with Crippen LogP contribution in [-0.4, -0.2) is 11.0 Å². The van der Waals surface area contributed by atoms with Gasteiger partial charge in [-0.1, -0.05) is 44.4 Å². The molecule has 2 unspecified atom stereocenters. The molecule has 0 bridgehead atoms. The van der Waals surface area contributed by atoms with Crippen molar-refractivity contribution in [2.45, 2.75) is 45.6 Å². The van der Waals surface area contributed by atoms with Crippen LogP contribution in [0.1, 0.15) is 39.5 Å². The molecule has 5 heteroatoms. The van der Waals surface area contributed by atoms with Crippen molar-refractivity contribution in [1.29, 1.82) is 0 Å². The number of halogens is 1. The minimum Gasteiger partial charge on any atom is -0.376 e. The zero-order valence-corrected chi connectivity index (χ0v) is 12.7. The number of hydrogen-bond acceptors (Lipinski definition) is 3. The van der Waals surface area contributed by atoms with Crippen LogP contribution in [0.25, 0.3) is 0 Å². The number of benzene rings is 1. The summed E-state index contributed by atoms with van der Waals surface area (Å²) in [5.74, 6) is 1.13. The molecule has 0 radical (unpaired) electrons. The summed E-state index contributed by atoms with van der Waals surface area (Å²) >= 11 is 5.96. The summed E-state index contributed by atoms with van der Waals surface area (Å²) in [6.45, 7) is 4.44. The van der Waals surface area contributed by atoms with Gasteiger partial charge in [0.1, 0.15) is 10.7 Å². The third-order valence-electron chi connectivity index (χ3n) is 4.19. The third-order valence-corrected chi connectivity index (χ3v) is 4.49. The maximum atomic E-state index is 11.2. The van der Waals surface area contributed by atoms with Crippen LogP contribution in [0.5, 0.6) is 0 Å². The monoisotopic (exact) mass is 296 g/mol. The molecule has 0 aliphatic heterocycles. The summed E-state index contributed by atoms with van der Waals surface area (Å²) in [6, 6.07) is 5.35. The number of anilines is 1. The fourth-order valence-electron chi connectivity index (χ4n) is 3.15. The van der Waals surface area contributed by atoms with Gasteiger partial charge in [-0.25, -0.2) is 0 Å². The van der Waals surface area contributed by atoms with Crippen LogP contribution in [0, 0.1) is 22.0 Å². The number of para-hydroxylation sites is 1. The van der Waals surface area contributed by atoms with E-state index in [1.165, 1.54) is 19.3 Å². The van der Waals surface area contributed by atoms with E-state index in [4.69, 9.17) is 11.6 Å². The molecule has 2 rings (SSSR count). The quantitative estimate of drug-likeness (QED) is 0.636. The zero-order valence-electron chi connectivity index (χ0n) is 11.9. The lowest BCUT2D eigenvalue weighted by Crippen LogP contribution is -2.35. The minimum absolute atomic E-state index is 0.0118. The van der Waals surface area contributed by atoms with Crippen molar-refractivity contribution in [2.24, 2.45) is 11.8 Å². The van der Waals surface area contributed by atoms with Crippen molar-refractivity contribution in [3.05, 3.63) is 33.3 Å². The zero-order chi connectivity index (χ0) is 14.7. The fourth-order valence-corrected chi connectivity index (χ4v) is 3.40. The molecule has 0 spiro atoms. The van der Waals surface area contributed by atoms with Gasteiger partial charge in [-0.15, -0.1) is 0 Å². The summed E-state index contributed by atoms with van der Waals surface area (Å²) in [5, 5.41) is 14.7. The maximum absolute atomic E-state index is 11.2. The number of nitro groups is 1. The van der Waals surface area contributed by atoms with E-state index in [0.717, 1.165) is 6.42 Å². The highest BCUT2D eigenvalue weighted by Gasteiger charge is 2.29. The Bertz CT molecular complexity index is 491. The van der Waals surface area contributed by atoms with Crippen molar-refractivity contribution < 1.29 is 4.92 Å². The van der Waals surface area contributed by atoms with Gasteiger partial charge in [0, 0.05) is 6.04 Å². The lowest BCUT2D eigenvalue weighted by atomic mass is 9.77. The highest BCUT2D eigenvalue weighted by Crippen LogP contribution is 2.37. The average Bonchev–Trinajstić information content (AvgIpc) is 2.38. The first kappa shape index (κ1) is 15.1. The van der Waals surface area contributed by atoms with Gasteiger partial charge in [0.2, 0.25) is 0 Å². The molecule has 1 fully saturated rings. The van der Waals surface area contributed by atoms with Gasteiger partial charge < -0.3 is 5.32 Å². The van der Waals surface area contributed by atoms with E-state index < -0.39 is 4.92 Å². The van der Waals surface area contributed by atoms with E-state index in [0.29, 0.717) is 23.6 Å². The number of rotatable bonds is 4. The predicted molar refractivity (Wildman–Crippen MR) is 82.3 cm³/mol. The van der Waals surface area contributed by atoms with Gasteiger partial charge in [-0.3, -0.25) is 10.1 Å². The Morgan fingerprint density at radius 1 is 1.35 bits per heavy atom. The number of nitrogens with zero attached hydrogens (tertiary/aromatic N) is 1. The van der Waals surface area contributed by atoms with Gasteiger partial charge in [0.15, 0.2) is 0 Å². The van der Waals surface area contributed by atoms with Crippen LogP contribution in [0.2, 0.25) is 5.02 Å². The smallest absolute Gasteiger partial charge is 0.310 e. The molecule has 0 saturated heterocycles. The van der Waals surface area contributed by atoms with E-state index in [-0.39, 0.29) is 10.7 Å². The molecule has 1 aliphatic carbocycles. The lowest BCUT2D eigenvalue weighted by Gasteiger charge is -2.35. The van der Waals surface area contributed by atoms with E-state index in [1.807, 2.05) is 0 Å². The highest BCUT2D eigenvalue weighted by atomic mass is 35.5. The summed E-state index contributed by atoms with van der Waals surface area (Å²) < 4.78 is 0. The van der Waals surface area contributed by atoms with Gasteiger partial charge in [0.05, 0.1) is 4.92 Å². The molecule has 1 N–H and O–H groups in total. The Kier molecular flexibility index (Phi) is 4.86. The average molecular weight is 297 g/mol. The predicted octanol–water partition coefficient (Wildman–Crippen LogP) is 4.87. The molecular formula is C15H21ClN2O2. The van der Waals surface area contributed by atoms with Crippen LogP contribution < -0.4 is 5.32 Å². The molecule has 0 amide bonds. The van der Waals surface area contributed by atoms with Crippen molar-refractivity contribution in [3.63, 3.8) is 0 Å². The van der Waals surface area contributed by atoms with Gasteiger partial charge >= 0.3 is 5.69 Å². The highest BCUT2D eigenvalue weighted by molar-refractivity contribution is 6.33. The van der Waals surface area contributed by atoms with E-state index in [9.17, 15) is 10.1 Å². The molecule has 110 valence electrons. The molecule has 20 heavy (non-hydrogen) atoms. The van der Waals surface area contributed by atoms with Crippen LogP contribution in [0.3, 0.4) is 0 Å². The van der Waals surface area contributed by atoms with Crippen LogP contribution in [0.15, 0.2) is 18.2 Å². The summed E-state index contributed by atoms with van der Waals surface area (Å²) in [6.07, 6.45) is 4.67. The third kappa shape index (κ3) is 3.23. The molecule has 0 heterocycles. The second-order valence-corrected chi connectivity index (χ2v) is 6.24. The second kappa shape index (κ2) is 6.44. The van der Waals surface area contributed by atoms with Crippen molar-refractivity contribution >= 4 is 23.0 Å². The second-order valence-electron chi connectivity index (χ2n) is 5.84. The van der Waals surface area contributed by atoms with Crippen LogP contribution in [0.4, 0.5) is 11.4 Å². The molecule has 2 atom stereocenters. The van der Waals surface area contributed by atoms with Crippen molar-refractivity contribution in [2.75, 3.05) is 5.32 Å². The Labute approximate surface area is 124 Å². The first-order chi connectivity index (χ1) is 9.50. The van der Waals surface area contributed by atoms with Gasteiger partial charge in [-0.2, -0.15) is 0 Å². The van der Waals surface area contributed by atoms with E-state index in [2.05, 4.69) is 19.2 Å². The fraction of sp³-hybridized carbons (Fsp3) is 0.600. The van der Waals surface area contributed by atoms with Crippen molar-refractivity contribution in [3.8, 4) is 0 Å². The lowest BCUT2D eigenvalue weighted by molar-refractivity contribution is -0.383. The Balaban J connectivity index is 2.24. The van der Waals surface area contributed by atoms with Crippen molar-refractivity contribution in [1.82, 2.24) is 0 Å². The SMILES string of the molecule is CC(C)C1CCCCC1Nc1cccc(Cl)c1[N+](=O)[O-]. The summed E-state index contributed by atoms with van der Waals surface area (Å²) in [4.78, 5) is 10.8. The molecule has 4 nitrogen and oxygen atoms in total. The molecule has 1 aromatic rings. The topological polar surface area (TPSA) is 55.2 Å². The Hall–Kier alpha value is -1.29. The molecular weight excluding hydrogens is 276 g/mol. The molecule has 0 aromatic heterocycles. The maximum Gasteiger partial charge on any atom is 0.310 e. The van der Waals surface area contributed by atoms with Gasteiger partial charge in [0.25, 0.3) is 0 Å². The first-order valence-electron chi connectivity index (χ1n) is 7.20. The number of hydrogen-bond donors (Lipinski definition) is 1. The van der Waals surface area contributed by atoms with E-state index >= 15 is 0 Å². The van der Waals surface area contributed by atoms with E-state index in [1.54, 1.807) is 18.2 Å². The first-order valence-corrected chi connectivity index (χ1v) is 7.58. The largest absolute Gasteiger partial charge is 0.376 e.